The number of amides is 2. The molecule has 0 fully saturated rings. The molecule has 0 heterocycles. The monoisotopic (exact) mass is 353 g/mol. The van der Waals surface area contributed by atoms with Crippen LogP contribution in [-0.4, -0.2) is 32.5 Å². The van der Waals surface area contributed by atoms with Crippen LogP contribution in [0.1, 0.15) is 25.8 Å². The van der Waals surface area contributed by atoms with Gasteiger partial charge in [-0.3, -0.25) is 9.59 Å². The maximum Gasteiger partial charge on any atom is 0.226 e. The molecule has 26 heavy (non-hydrogen) atoms. The highest BCUT2D eigenvalue weighted by Crippen LogP contribution is 2.20. The lowest BCUT2D eigenvalue weighted by Crippen LogP contribution is -2.32. The highest BCUT2D eigenvalue weighted by atomic mass is 16.2. The summed E-state index contributed by atoms with van der Waals surface area (Å²) in [6.07, 6.45) is 1.21. The number of hydrogen-bond donors (Lipinski definition) is 1. The van der Waals surface area contributed by atoms with Crippen molar-refractivity contribution in [3.8, 4) is 0 Å². The maximum absolute atomic E-state index is 12.2. The lowest BCUT2D eigenvalue weighted by Gasteiger charge is -2.22. The molecule has 2 amide bonds. The minimum atomic E-state index is -0.106. The maximum atomic E-state index is 12.2. The first-order valence-electron chi connectivity index (χ1n) is 8.85. The normalized spacial score (nSPS) is 10.3. The van der Waals surface area contributed by atoms with Crippen LogP contribution >= 0.6 is 0 Å². The molecule has 0 unspecified atom stereocenters. The first-order chi connectivity index (χ1) is 12.4. The molecule has 0 aromatic heterocycles. The summed E-state index contributed by atoms with van der Waals surface area (Å²) in [5.74, 6) is -0.187. The van der Waals surface area contributed by atoms with E-state index in [2.05, 4.69) is 12.2 Å². The van der Waals surface area contributed by atoms with E-state index in [4.69, 9.17) is 0 Å². The summed E-state index contributed by atoms with van der Waals surface area (Å²) in [4.78, 5) is 27.8. The number of hydrogen-bond acceptors (Lipinski definition) is 3. The van der Waals surface area contributed by atoms with Crippen molar-refractivity contribution in [3.05, 3.63) is 54.1 Å². The Morgan fingerprint density at radius 3 is 2.00 bits per heavy atom. The quantitative estimate of drug-likeness (QED) is 0.826. The van der Waals surface area contributed by atoms with Gasteiger partial charge in [0.2, 0.25) is 11.8 Å². The summed E-state index contributed by atoms with van der Waals surface area (Å²) in [7, 11) is 3.93. The van der Waals surface area contributed by atoms with E-state index < -0.39 is 0 Å². The predicted molar refractivity (Wildman–Crippen MR) is 108 cm³/mol. The Kier molecular flexibility index (Phi) is 6.78. The van der Waals surface area contributed by atoms with E-state index in [1.165, 1.54) is 12.5 Å². The average molecular weight is 353 g/mol. The van der Waals surface area contributed by atoms with E-state index in [0.717, 1.165) is 23.5 Å². The van der Waals surface area contributed by atoms with Crippen LogP contribution < -0.4 is 15.1 Å². The largest absolute Gasteiger partial charge is 0.378 e. The summed E-state index contributed by atoms with van der Waals surface area (Å²) >= 11 is 0. The van der Waals surface area contributed by atoms with Crippen LogP contribution in [0.4, 0.5) is 17.1 Å². The second-order valence-corrected chi connectivity index (χ2v) is 6.43. The summed E-state index contributed by atoms with van der Waals surface area (Å²) in [5, 5.41) is 2.88. The zero-order valence-corrected chi connectivity index (χ0v) is 16.0. The van der Waals surface area contributed by atoms with E-state index in [1.807, 2.05) is 67.5 Å². The molecular weight excluding hydrogens is 326 g/mol. The van der Waals surface area contributed by atoms with E-state index in [0.29, 0.717) is 6.54 Å². The molecule has 0 radical (unpaired) electrons. The summed E-state index contributed by atoms with van der Waals surface area (Å²) < 4.78 is 0. The molecule has 0 aliphatic heterocycles. The Balaban J connectivity index is 1.96. The molecule has 0 saturated heterocycles. The summed E-state index contributed by atoms with van der Waals surface area (Å²) in [6, 6.07) is 15.5. The summed E-state index contributed by atoms with van der Waals surface area (Å²) in [6.45, 7) is 3.95. The molecule has 138 valence electrons. The second-order valence-electron chi connectivity index (χ2n) is 6.43. The van der Waals surface area contributed by atoms with E-state index in [-0.39, 0.29) is 18.2 Å². The van der Waals surface area contributed by atoms with Gasteiger partial charge in [0.1, 0.15) is 0 Å². The average Bonchev–Trinajstić information content (AvgIpc) is 2.62. The fraction of sp³-hybridized carbons (Fsp3) is 0.333. The van der Waals surface area contributed by atoms with Crippen LogP contribution in [0.2, 0.25) is 0 Å². The lowest BCUT2D eigenvalue weighted by molar-refractivity contribution is -0.117. The van der Waals surface area contributed by atoms with Crippen molar-refractivity contribution in [3.63, 3.8) is 0 Å². The molecule has 5 nitrogen and oxygen atoms in total. The fourth-order valence-electron chi connectivity index (χ4n) is 2.66. The number of aryl methyl sites for hydroxylation is 1. The van der Waals surface area contributed by atoms with Gasteiger partial charge in [-0.25, -0.2) is 0 Å². The van der Waals surface area contributed by atoms with Gasteiger partial charge in [-0.2, -0.15) is 0 Å². The van der Waals surface area contributed by atoms with Crippen LogP contribution in [0, 0.1) is 0 Å². The molecule has 0 bridgehead atoms. The number of nitrogens with one attached hydrogen (secondary N) is 1. The summed E-state index contributed by atoms with van der Waals surface area (Å²) in [5.41, 5.74) is 3.86. The van der Waals surface area contributed by atoms with E-state index in [9.17, 15) is 9.59 Å². The van der Waals surface area contributed by atoms with Crippen LogP contribution in [0.25, 0.3) is 0 Å². The molecule has 2 rings (SSSR count). The van der Waals surface area contributed by atoms with Crippen molar-refractivity contribution in [2.24, 2.45) is 0 Å². The molecule has 0 aliphatic rings. The molecule has 0 saturated carbocycles. The third-order valence-electron chi connectivity index (χ3n) is 4.27. The molecule has 1 N–H and O–H groups in total. The van der Waals surface area contributed by atoms with E-state index in [1.54, 1.807) is 4.90 Å². The van der Waals surface area contributed by atoms with Crippen molar-refractivity contribution in [2.45, 2.75) is 26.7 Å². The topological polar surface area (TPSA) is 52.7 Å². The van der Waals surface area contributed by atoms with E-state index >= 15 is 0 Å². The SMILES string of the molecule is CCc1ccc(NC(=O)CCN(C(C)=O)c2ccc(N(C)C)cc2)cc1. The third-order valence-corrected chi connectivity index (χ3v) is 4.27. The number of anilines is 3. The fourth-order valence-corrected chi connectivity index (χ4v) is 2.66. The smallest absolute Gasteiger partial charge is 0.226 e. The van der Waals surface area contributed by atoms with Gasteiger partial charge in [0.15, 0.2) is 0 Å². The van der Waals surface area contributed by atoms with Crippen LogP contribution in [-0.2, 0) is 16.0 Å². The van der Waals surface area contributed by atoms with Crippen LogP contribution in [0.3, 0.4) is 0 Å². The number of benzene rings is 2. The number of carbonyl (C=O) groups excluding carboxylic acids is 2. The molecule has 0 spiro atoms. The Bertz CT molecular complexity index is 737. The first-order valence-corrected chi connectivity index (χ1v) is 8.85. The Morgan fingerprint density at radius 1 is 0.923 bits per heavy atom. The van der Waals surface area contributed by atoms with Crippen molar-refractivity contribution >= 4 is 28.9 Å². The van der Waals surface area contributed by atoms with Crippen molar-refractivity contribution in [2.75, 3.05) is 35.8 Å². The van der Waals surface area contributed by atoms with Crippen molar-refractivity contribution in [1.29, 1.82) is 0 Å². The van der Waals surface area contributed by atoms with Crippen molar-refractivity contribution < 1.29 is 9.59 Å². The Morgan fingerprint density at radius 2 is 1.50 bits per heavy atom. The Hall–Kier alpha value is -2.82. The second kappa shape index (κ2) is 9.04. The minimum Gasteiger partial charge on any atom is -0.378 e. The zero-order valence-electron chi connectivity index (χ0n) is 16.0. The highest BCUT2D eigenvalue weighted by Gasteiger charge is 2.14. The number of rotatable bonds is 7. The molecule has 2 aromatic carbocycles. The van der Waals surface area contributed by atoms with Gasteiger partial charge in [-0.05, 0) is 48.4 Å². The first kappa shape index (κ1) is 19.5. The van der Waals surface area contributed by atoms with Crippen molar-refractivity contribution in [1.82, 2.24) is 0 Å². The molecule has 2 aromatic rings. The van der Waals surface area contributed by atoms with Gasteiger partial charge in [0, 0.05) is 51.0 Å². The van der Waals surface area contributed by atoms with Gasteiger partial charge in [-0.15, -0.1) is 0 Å². The molecule has 0 atom stereocenters. The highest BCUT2D eigenvalue weighted by molar-refractivity contribution is 5.94. The number of carbonyl (C=O) groups is 2. The van der Waals surface area contributed by atoms with Gasteiger partial charge < -0.3 is 15.1 Å². The molecule has 0 aliphatic carbocycles. The van der Waals surface area contributed by atoms with Gasteiger partial charge >= 0.3 is 0 Å². The lowest BCUT2D eigenvalue weighted by atomic mass is 10.1. The Labute approximate surface area is 155 Å². The molecular formula is C21H27N3O2. The van der Waals surface area contributed by atoms with Gasteiger partial charge in [-0.1, -0.05) is 19.1 Å². The standard InChI is InChI=1S/C21H27N3O2/c1-5-17-6-8-18(9-7-17)22-21(26)14-15-24(16(2)25)20-12-10-19(11-13-20)23(3)4/h6-13H,5,14-15H2,1-4H3,(H,22,26). The minimum absolute atomic E-state index is 0.0808. The number of nitrogens with zero attached hydrogens (tertiary/aromatic N) is 2. The van der Waals surface area contributed by atoms with Crippen LogP contribution in [0.15, 0.2) is 48.5 Å². The van der Waals surface area contributed by atoms with Gasteiger partial charge in [0.25, 0.3) is 0 Å². The van der Waals surface area contributed by atoms with Crippen LogP contribution in [0.5, 0.6) is 0 Å². The predicted octanol–water partition coefficient (Wildman–Crippen LogP) is 3.70. The molecule has 5 heteroatoms. The van der Waals surface area contributed by atoms with Gasteiger partial charge in [0.05, 0.1) is 0 Å². The third kappa shape index (κ3) is 5.34. The zero-order chi connectivity index (χ0) is 19.1.